The van der Waals surface area contributed by atoms with Gasteiger partial charge in [-0.3, -0.25) is 4.90 Å². The van der Waals surface area contributed by atoms with Crippen molar-refractivity contribution in [1.29, 1.82) is 0 Å². The van der Waals surface area contributed by atoms with Gasteiger partial charge in [0.25, 0.3) is 0 Å². The van der Waals surface area contributed by atoms with Crippen molar-refractivity contribution in [3.05, 3.63) is 0 Å². The number of hydrogen-bond donors (Lipinski definition) is 1. The Morgan fingerprint density at radius 1 is 1.00 bits per heavy atom. The summed E-state index contributed by atoms with van der Waals surface area (Å²) >= 11 is 0. The van der Waals surface area contributed by atoms with E-state index in [0.29, 0.717) is 5.41 Å². The highest BCUT2D eigenvalue weighted by atomic mass is 16.3. The molecule has 0 bridgehead atoms. The fourth-order valence-corrected chi connectivity index (χ4v) is 2.99. The van der Waals surface area contributed by atoms with Gasteiger partial charge in [-0.05, 0) is 46.0 Å². The lowest BCUT2D eigenvalue weighted by Crippen LogP contribution is -2.68. The number of rotatable bonds is 2. The Balaban J connectivity index is 1.99. The van der Waals surface area contributed by atoms with Crippen molar-refractivity contribution in [2.75, 3.05) is 13.1 Å². The van der Waals surface area contributed by atoms with Gasteiger partial charge in [0.1, 0.15) is 0 Å². The Morgan fingerprint density at radius 2 is 1.47 bits per heavy atom. The molecule has 1 N–H and O–H groups in total. The normalized spacial score (nSPS) is 27.0. The van der Waals surface area contributed by atoms with Gasteiger partial charge in [0.15, 0.2) is 0 Å². The van der Waals surface area contributed by atoms with Crippen LogP contribution >= 0.6 is 0 Å². The minimum absolute atomic E-state index is 0.0964. The molecule has 1 spiro atoms. The van der Waals surface area contributed by atoms with Crippen molar-refractivity contribution in [2.45, 2.75) is 64.5 Å². The second-order valence-corrected chi connectivity index (χ2v) is 6.68. The first kappa shape index (κ1) is 11.4. The Bertz CT molecular complexity index is 238. The maximum absolute atomic E-state index is 10.2. The van der Waals surface area contributed by atoms with Crippen molar-refractivity contribution < 1.29 is 5.11 Å². The first-order chi connectivity index (χ1) is 6.77. The second-order valence-electron chi connectivity index (χ2n) is 6.68. The fourth-order valence-electron chi connectivity index (χ4n) is 2.99. The van der Waals surface area contributed by atoms with Crippen molar-refractivity contribution in [3.8, 4) is 0 Å². The molecule has 0 aromatic heterocycles. The highest BCUT2D eigenvalue weighted by molar-refractivity contribution is 5.07. The molecular weight excluding hydrogens is 186 g/mol. The quantitative estimate of drug-likeness (QED) is 0.758. The van der Waals surface area contributed by atoms with Crippen LogP contribution in [0.25, 0.3) is 0 Å². The zero-order valence-electron chi connectivity index (χ0n) is 10.6. The molecule has 2 heteroatoms. The van der Waals surface area contributed by atoms with Crippen LogP contribution in [0.1, 0.15) is 53.4 Å². The summed E-state index contributed by atoms with van der Waals surface area (Å²) in [4.78, 5) is 2.46. The van der Waals surface area contributed by atoms with E-state index in [1.54, 1.807) is 0 Å². The monoisotopic (exact) mass is 211 g/mol. The van der Waals surface area contributed by atoms with Gasteiger partial charge >= 0.3 is 0 Å². The van der Waals surface area contributed by atoms with Crippen LogP contribution in [0.15, 0.2) is 0 Å². The van der Waals surface area contributed by atoms with Crippen LogP contribution in [0.4, 0.5) is 0 Å². The summed E-state index contributed by atoms with van der Waals surface area (Å²) in [7, 11) is 0. The van der Waals surface area contributed by atoms with E-state index in [-0.39, 0.29) is 5.54 Å². The third-order valence-electron chi connectivity index (χ3n) is 5.00. The van der Waals surface area contributed by atoms with Gasteiger partial charge in [0, 0.05) is 18.6 Å². The highest BCUT2D eigenvalue weighted by Gasteiger charge is 2.52. The molecule has 88 valence electrons. The maximum atomic E-state index is 10.2. The standard InChI is InChI=1S/C13H25NO/c1-11(2,12(3,4)15)14-9-13(10-14)7-5-6-8-13/h15H,5-10H2,1-4H3. The van der Waals surface area contributed by atoms with E-state index in [9.17, 15) is 5.11 Å². The number of hydrogen-bond acceptors (Lipinski definition) is 2. The predicted molar refractivity (Wildman–Crippen MR) is 62.9 cm³/mol. The first-order valence-corrected chi connectivity index (χ1v) is 6.24. The summed E-state index contributed by atoms with van der Waals surface area (Å²) in [5, 5.41) is 10.2. The molecule has 0 unspecified atom stereocenters. The van der Waals surface area contributed by atoms with Gasteiger partial charge in [-0.25, -0.2) is 0 Å². The molecule has 0 radical (unpaired) electrons. The van der Waals surface area contributed by atoms with Gasteiger partial charge in [-0.15, -0.1) is 0 Å². The van der Waals surface area contributed by atoms with Crippen molar-refractivity contribution in [1.82, 2.24) is 4.90 Å². The minimum atomic E-state index is -0.618. The molecule has 2 rings (SSSR count). The topological polar surface area (TPSA) is 23.5 Å². The molecule has 0 amide bonds. The fraction of sp³-hybridized carbons (Fsp3) is 1.00. The van der Waals surface area contributed by atoms with Crippen LogP contribution in [0.3, 0.4) is 0 Å². The molecule has 2 fully saturated rings. The lowest BCUT2D eigenvalue weighted by molar-refractivity contribution is -0.142. The lowest BCUT2D eigenvalue weighted by atomic mass is 9.72. The molecule has 2 aliphatic rings. The highest BCUT2D eigenvalue weighted by Crippen LogP contribution is 2.49. The van der Waals surface area contributed by atoms with E-state index >= 15 is 0 Å². The number of aliphatic hydroxyl groups is 1. The average Bonchev–Trinajstić information content (AvgIpc) is 2.46. The number of nitrogens with zero attached hydrogens (tertiary/aromatic N) is 1. The number of likely N-dealkylation sites (tertiary alicyclic amines) is 1. The van der Waals surface area contributed by atoms with Crippen molar-refractivity contribution in [3.63, 3.8) is 0 Å². The molecule has 2 nitrogen and oxygen atoms in total. The SMILES string of the molecule is CC(C)(O)C(C)(C)N1CC2(CCCC2)C1. The average molecular weight is 211 g/mol. The largest absolute Gasteiger partial charge is 0.389 e. The smallest absolute Gasteiger partial charge is 0.0769 e. The van der Waals surface area contributed by atoms with Crippen molar-refractivity contribution in [2.24, 2.45) is 5.41 Å². The van der Waals surface area contributed by atoms with Crippen LogP contribution in [-0.4, -0.2) is 34.2 Å². The zero-order valence-corrected chi connectivity index (χ0v) is 10.6. The molecule has 15 heavy (non-hydrogen) atoms. The molecule has 1 aliphatic heterocycles. The zero-order chi connectivity index (χ0) is 11.3. The summed E-state index contributed by atoms with van der Waals surface area (Å²) in [6.45, 7) is 10.6. The van der Waals surface area contributed by atoms with E-state index in [1.165, 1.54) is 38.8 Å². The first-order valence-electron chi connectivity index (χ1n) is 6.24. The summed E-state index contributed by atoms with van der Waals surface area (Å²) in [6.07, 6.45) is 5.64. The van der Waals surface area contributed by atoms with Gasteiger partial charge in [0.05, 0.1) is 5.60 Å². The Morgan fingerprint density at radius 3 is 1.87 bits per heavy atom. The maximum Gasteiger partial charge on any atom is 0.0769 e. The summed E-state index contributed by atoms with van der Waals surface area (Å²) < 4.78 is 0. The predicted octanol–water partition coefficient (Wildman–Crippen LogP) is 2.41. The molecule has 1 saturated heterocycles. The molecule has 0 aromatic rings. The third-order valence-corrected chi connectivity index (χ3v) is 5.00. The van der Waals surface area contributed by atoms with Crippen LogP contribution in [0.2, 0.25) is 0 Å². The van der Waals surface area contributed by atoms with Crippen LogP contribution in [0.5, 0.6) is 0 Å². The third kappa shape index (κ3) is 1.72. The van der Waals surface area contributed by atoms with Gasteiger partial charge in [-0.1, -0.05) is 12.8 Å². The Kier molecular flexibility index (Phi) is 2.44. The van der Waals surface area contributed by atoms with Gasteiger partial charge in [-0.2, -0.15) is 0 Å². The van der Waals surface area contributed by atoms with Gasteiger partial charge in [0.2, 0.25) is 0 Å². The second kappa shape index (κ2) is 3.21. The summed E-state index contributed by atoms with van der Waals surface area (Å²) in [6, 6.07) is 0. The van der Waals surface area contributed by atoms with Crippen molar-refractivity contribution >= 4 is 0 Å². The molecule has 1 heterocycles. The minimum Gasteiger partial charge on any atom is -0.389 e. The van der Waals surface area contributed by atoms with Crippen LogP contribution < -0.4 is 0 Å². The van der Waals surface area contributed by atoms with Gasteiger partial charge < -0.3 is 5.11 Å². The van der Waals surface area contributed by atoms with Crippen LogP contribution in [0, 0.1) is 5.41 Å². The lowest BCUT2D eigenvalue weighted by Gasteiger charge is -2.58. The Labute approximate surface area is 93.7 Å². The van der Waals surface area contributed by atoms with E-state index in [2.05, 4.69) is 18.7 Å². The van der Waals surface area contributed by atoms with E-state index in [0.717, 1.165) is 0 Å². The molecule has 0 aromatic carbocycles. The summed E-state index contributed by atoms with van der Waals surface area (Å²) in [5.41, 5.74) is -0.0867. The molecular formula is C13H25NO. The van der Waals surface area contributed by atoms with E-state index in [1.807, 2.05) is 13.8 Å². The molecule has 1 aliphatic carbocycles. The summed E-state index contributed by atoms with van der Waals surface area (Å²) in [5.74, 6) is 0. The molecule has 1 saturated carbocycles. The van der Waals surface area contributed by atoms with E-state index < -0.39 is 5.60 Å². The molecule has 0 atom stereocenters. The van der Waals surface area contributed by atoms with E-state index in [4.69, 9.17) is 0 Å². The van der Waals surface area contributed by atoms with Crippen LogP contribution in [-0.2, 0) is 0 Å². The Hall–Kier alpha value is -0.0800.